The lowest BCUT2D eigenvalue weighted by atomic mass is 9.70. The molecule has 0 fully saturated rings. The molecule has 1 nitrogen and oxygen atoms in total. The Hall–Kier alpha value is -8.78. The smallest absolute Gasteiger partial charge is 0.0726 e. The lowest BCUT2D eigenvalue weighted by Gasteiger charge is -2.33. The van der Waals surface area contributed by atoms with Crippen molar-refractivity contribution in [2.45, 2.75) is 5.41 Å². The first-order valence-corrected chi connectivity index (χ1v) is 23.7. The zero-order valence-corrected chi connectivity index (χ0v) is 37.1. The number of benzene rings is 13. The van der Waals surface area contributed by atoms with Crippen molar-refractivity contribution in [2.24, 2.45) is 0 Å². The van der Waals surface area contributed by atoms with E-state index in [2.05, 4.69) is 254 Å². The van der Waals surface area contributed by atoms with Crippen molar-refractivity contribution in [1.29, 1.82) is 0 Å². The van der Waals surface area contributed by atoms with Crippen LogP contribution in [0.4, 0.5) is 17.1 Å². The minimum absolute atomic E-state index is 0.516. The number of anilines is 3. The van der Waals surface area contributed by atoms with Gasteiger partial charge in [-0.05, 0) is 151 Å². The Balaban J connectivity index is 1.10. The van der Waals surface area contributed by atoms with Gasteiger partial charge in [0.2, 0.25) is 0 Å². The van der Waals surface area contributed by atoms with Crippen molar-refractivity contribution in [3.05, 3.63) is 271 Å². The van der Waals surface area contributed by atoms with Crippen LogP contribution in [0.2, 0.25) is 0 Å². The molecule has 68 heavy (non-hydrogen) atoms. The fourth-order valence-corrected chi connectivity index (χ4v) is 12.6. The Kier molecular flexibility index (Phi) is 7.77. The molecule has 0 N–H and O–H groups in total. The average Bonchev–Trinajstić information content (AvgIpc) is 3.87. The van der Waals surface area contributed by atoms with Gasteiger partial charge < -0.3 is 4.90 Å². The van der Waals surface area contributed by atoms with Gasteiger partial charge in [0, 0.05) is 16.9 Å². The van der Waals surface area contributed by atoms with E-state index in [1.807, 2.05) is 0 Å². The normalized spacial score (nSPS) is 13.1. The first kappa shape index (κ1) is 37.4. The lowest BCUT2D eigenvalue weighted by Crippen LogP contribution is -2.26. The molecule has 13 aromatic carbocycles. The minimum Gasteiger partial charge on any atom is -0.310 e. The van der Waals surface area contributed by atoms with Crippen molar-refractivity contribution in [2.75, 3.05) is 4.90 Å². The second-order valence-electron chi connectivity index (χ2n) is 18.7. The molecule has 0 unspecified atom stereocenters. The Labute approximate surface area is 394 Å². The Bertz CT molecular complexity index is 4200. The molecule has 15 rings (SSSR count). The lowest BCUT2D eigenvalue weighted by molar-refractivity contribution is 0.794. The fraction of sp³-hybridized carbons (Fsp3) is 0.0149. The second kappa shape index (κ2) is 14.1. The van der Waals surface area contributed by atoms with Gasteiger partial charge in [-0.15, -0.1) is 0 Å². The number of nitrogens with zero attached hydrogens (tertiary/aromatic N) is 1. The summed E-state index contributed by atoms with van der Waals surface area (Å²) in [6.07, 6.45) is 0. The van der Waals surface area contributed by atoms with Crippen LogP contribution < -0.4 is 4.90 Å². The summed E-state index contributed by atoms with van der Waals surface area (Å²) in [6.45, 7) is 0. The van der Waals surface area contributed by atoms with Gasteiger partial charge in [-0.1, -0.05) is 212 Å². The number of rotatable bonds is 4. The summed E-state index contributed by atoms with van der Waals surface area (Å²) in [7, 11) is 0. The van der Waals surface area contributed by atoms with Crippen LogP contribution in [-0.2, 0) is 5.41 Å². The third-order valence-electron chi connectivity index (χ3n) is 15.4. The first-order valence-electron chi connectivity index (χ1n) is 23.7. The molecule has 0 atom stereocenters. The van der Waals surface area contributed by atoms with Gasteiger partial charge in [0.05, 0.1) is 11.1 Å². The highest BCUT2D eigenvalue weighted by molar-refractivity contribution is 6.26. The molecular formula is C67H41N. The van der Waals surface area contributed by atoms with Gasteiger partial charge in [0.15, 0.2) is 0 Å². The Morgan fingerprint density at radius 2 is 0.647 bits per heavy atom. The highest BCUT2D eigenvalue weighted by Crippen LogP contribution is 2.64. The van der Waals surface area contributed by atoms with E-state index in [1.54, 1.807) is 0 Å². The predicted octanol–water partition coefficient (Wildman–Crippen LogP) is 18.1. The molecule has 0 saturated heterocycles. The molecule has 0 aliphatic heterocycles. The van der Waals surface area contributed by atoms with Crippen molar-refractivity contribution < 1.29 is 0 Å². The van der Waals surface area contributed by atoms with E-state index in [0.29, 0.717) is 0 Å². The summed E-state index contributed by atoms with van der Waals surface area (Å²) in [5, 5.41) is 15.0. The molecule has 0 amide bonds. The van der Waals surface area contributed by atoms with E-state index in [1.165, 1.54) is 120 Å². The molecule has 1 spiro atoms. The molecule has 0 saturated carbocycles. The second-order valence-corrected chi connectivity index (χ2v) is 18.7. The van der Waals surface area contributed by atoms with E-state index in [4.69, 9.17) is 0 Å². The maximum absolute atomic E-state index is 2.58. The van der Waals surface area contributed by atoms with Crippen molar-refractivity contribution in [3.8, 4) is 33.4 Å². The molecule has 0 bridgehead atoms. The summed E-state index contributed by atoms with van der Waals surface area (Å²) < 4.78 is 0. The number of fused-ring (bicyclic) bond motifs is 20. The van der Waals surface area contributed by atoms with Gasteiger partial charge in [0.25, 0.3) is 0 Å². The van der Waals surface area contributed by atoms with Crippen LogP contribution in [-0.4, -0.2) is 0 Å². The van der Waals surface area contributed by atoms with Crippen molar-refractivity contribution in [3.63, 3.8) is 0 Å². The first-order chi connectivity index (χ1) is 33.7. The van der Waals surface area contributed by atoms with E-state index >= 15 is 0 Å². The zero-order valence-electron chi connectivity index (χ0n) is 37.1. The quantitative estimate of drug-likeness (QED) is 0.159. The summed E-state index contributed by atoms with van der Waals surface area (Å²) in [5.41, 5.74) is 15.7. The van der Waals surface area contributed by atoms with Crippen LogP contribution >= 0.6 is 0 Å². The zero-order chi connectivity index (χ0) is 44.5. The molecule has 1 heteroatoms. The highest BCUT2D eigenvalue weighted by atomic mass is 15.1. The molecule has 13 aromatic rings. The third kappa shape index (κ3) is 5.05. The van der Waals surface area contributed by atoms with Gasteiger partial charge in [-0.2, -0.15) is 0 Å². The topological polar surface area (TPSA) is 3.24 Å². The third-order valence-corrected chi connectivity index (χ3v) is 15.4. The summed E-state index contributed by atoms with van der Waals surface area (Å²) in [5.74, 6) is 0. The maximum Gasteiger partial charge on any atom is 0.0726 e. The fourth-order valence-electron chi connectivity index (χ4n) is 12.6. The SMILES string of the molecule is c1ccc2c(c1)-c1ccccc1C21c2ccccc2-c2cc(-c3cccc4ccccc34)c(N(c3ccc4c(ccc5ccccc54)c3)c3ccc4c5ccccc5c5ccccc5c4c3)cc21. The summed E-state index contributed by atoms with van der Waals surface area (Å²) in [6, 6.07) is 93.6. The van der Waals surface area contributed by atoms with E-state index in [-0.39, 0.29) is 0 Å². The van der Waals surface area contributed by atoms with Crippen LogP contribution in [0.3, 0.4) is 0 Å². The van der Waals surface area contributed by atoms with Crippen molar-refractivity contribution in [1.82, 2.24) is 0 Å². The average molecular weight is 860 g/mol. The molecule has 2 aliphatic rings. The van der Waals surface area contributed by atoms with Gasteiger partial charge in [-0.25, -0.2) is 0 Å². The van der Waals surface area contributed by atoms with Crippen LogP contribution in [0.5, 0.6) is 0 Å². The molecule has 0 aromatic heterocycles. The number of hydrogen-bond acceptors (Lipinski definition) is 1. The predicted molar refractivity (Wildman–Crippen MR) is 288 cm³/mol. The van der Waals surface area contributed by atoms with E-state index < -0.39 is 5.41 Å². The minimum atomic E-state index is -0.516. The highest BCUT2D eigenvalue weighted by Gasteiger charge is 2.52. The molecule has 0 radical (unpaired) electrons. The standard InChI is InChI=1S/C67H41N/c1-4-20-48-42(16-1)18-15-28-50(48)61-40-60-58-27-11-14-31-64(58)67(62-29-12-9-25-56(62)57-26-10-13-30-63(57)67)65(60)41-66(61)68(45-34-36-49-44(38-45)33-32-43-17-2-3-19-47(43)49)46-35-37-55-53-23-6-5-21-51(53)52-22-7-8-24-54(52)59(55)39-46/h1-41H. The number of hydrogen-bond donors (Lipinski definition) is 0. The summed E-state index contributed by atoms with van der Waals surface area (Å²) >= 11 is 0. The maximum atomic E-state index is 2.58. The largest absolute Gasteiger partial charge is 0.310 e. The molecular weight excluding hydrogens is 819 g/mol. The summed E-state index contributed by atoms with van der Waals surface area (Å²) in [4.78, 5) is 2.57. The van der Waals surface area contributed by atoms with Crippen LogP contribution in [0.15, 0.2) is 249 Å². The van der Waals surface area contributed by atoms with E-state index in [9.17, 15) is 0 Å². The van der Waals surface area contributed by atoms with Crippen LogP contribution in [0.1, 0.15) is 22.3 Å². The Morgan fingerprint density at radius 3 is 1.29 bits per heavy atom. The molecule has 0 heterocycles. The monoisotopic (exact) mass is 859 g/mol. The van der Waals surface area contributed by atoms with E-state index in [0.717, 1.165) is 17.1 Å². The van der Waals surface area contributed by atoms with Crippen LogP contribution in [0.25, 0.3) is 98.0 Å². The molecule has 314 valence electrons. The van der Waals surface area contributed by atoms with Gasteiger partial charge in [-0.3, -0.25) is 0 Å². The van der Waals surface area contributed by atoms with Gasteiger partial charge >= 0.3 is 0 Å². The molecule has 2 aliphatic carbocycles. The van der Waals surface area contributed by atoms with Crippen LogP contribution in [0, 0.1) is 0 Å². The Morgan fingerprint density at radius 1 is 0.221 bits per heavy atom. The van der Waals surface area contributed by atoms with Gasteiger partial charge in [0.1, 0.15) is 0 Å². The van der Waals surface area contributed by atoms with Crippen molar-refractivity contribution >= 4 is 81.7 Å².